The zero-order chi connectivity index (χ0) is 15.4. The molecule has 7 heteroatoms. The number of ether oxygens (including phenoxy) is 2. The van der Waals surface area contributed by atoms with Crippen molar-refractivity contribution in [2.75, 3.05) is 25.3 Å². The maximum absolute atomic E-state index is 11.0. The minimum atomic E-state index is -1.11. The van der Waals surface area contributed by atoms with Crippen LogP contribution < -0.4 is 20.5 Å². The number of rotatable bonds is 5. The molecule has 21 heavy (non-hydrogen) atoms. The monoisotopic (exact) mass is 289 g/mol. The summed E-state index contributed by atoms with van der Waals surface area (Å²) in [7, 11) is 3.07. The van der Waals surface area contributed by atoms with Crippen LogP contribution in [-0.4, -0.2) is 30.3 Å². The number of nitrogens with two attached hydrogens (primary N) is 1. The molecule has 2 aromatic rings. The fourth-order valence-corrected chi connectivity index (χ4v) is 1.81. The molecule has 0 aliphatic carbocycles. The fraction of sp³-hybridized carbons (Fsp3) is 0.143. The van der Waals surface area contributed by atoms with Gasteiger partial charge in [-0.2, -0.15) is 0 Å². The zero-order valence-corrected chi connectivity index (χ0v) is 11.6. The van der Waals surface area contributed by atoms with Gasteiger partial charge in [-0.1, -0.05) is 0 Å². The lowest BCUT2D eigenvalue weighted by atomic mass is 10.2. The fourth-order valence-electron chi connectivity index (χ4n) is 1.81. The molecule has 0 unspecified atom stereocenters. The van der Waals surface area contributed by atoms with Gasteiger partial charge in [-0.25, -0.2) is 9.78 Å². The maximum Gasteiger partial charge on any atom is 0.337 e. The second-order valence-electron chi connectivity index (χ2n) is 4.12. The molecule has 0 saturated heterocycles. The van der Waals surface area contributed by atoms with Crippen LogP contribution in [-0.2, 0) is 0 Å². The molecule has 0 aliphatic heterocycles. The highest BCUT2D eigenvalue weighted by Crippen LogP contribution is 2.32. The van der Waals surface area contributed by atoms with Gasteiger partial charge >= 0.3 is 5.97 Å². The van der Waals surface area contributed by atoms with E-state index in [1.54, 1.807) is 25.3 Å². The second kappa shape index (κ2) is 6.00. The molecule has 1 aromatic carbocycles. The predicted octanol–water partition coefficient (Wildman–Crippen LogP) is 2.12. The Morgan fingerprint density at radius 1 is 1.24 bits per heavy atom. The third kappa shape index (κ3) is 2.97. The van der Waals surface area contributed by atoms with E-state index in [1.807, 2.05) is 0 Å². The molecule has 0 fully saturated rings. The normalized spacial score (nSPS) is 10.0. The summed E-state index contributed by atoms with van der Waals surface area (Å²) >= 11 is 0. The molecule has 110 valence electrons. The van der Waals surface area contributed by atoms with Crippen LogP contribution in [0.4, 0.5) is 17.2 Å². The maximum atomic E-state index is 11.0. The number of hydrogen-bond donors (Lipinski definition) is 3. The Labute approximate surface area is 121 Å². The van der Waals surface area contributed by atoms with Crippen LogP contribution in [0.2, 0.25) is 0 Å². The molecule has 0 spiro atoms. The van der Waals surface area contributed by atoms with Gasteiger partial charge in [0.25, 0.3) is 0 Å². The number of carbonyl (C=O) groups is 1. The van der Waals surface area contributed by atoms with E-state index in [2.05, 4.69) is 10.3 Å². The molecule has 0 bridgehead atoms. The van der Waals surface area contributed by atoms with E-state index >= 15 is 0 Å². The Bertz CT molecular complexity index is 673. The van der Waals surface area contributed by atoms with Gasteiger partial charge in [0.05, 0.1) is 25.5 Å². The third-order valence-electron chi connectivity index (χ3n) is 2.87. The lowest BCUT2D eigenvalue weighted by molar-refractivity contribution is 0.0698. The first-order chi connectivity index (χ1) is 10.1. The summed E-state index contributed by atoms with van der Waals surface area (Å²) in [5.74, 6) is 0.283. The lowest BCUT2D eigenvalue weighted by Crippen LogP contribution is -2.07. The molecule has 0 radical (unpaired) electrons. The van der Waals surface area contributed by atoms with Crippen molar-refractivity contribution in [2.24, 2.45) is 0 Å². The van der Waals surface area contributed by atoms with Gasteiger partial charge < -0.3 is 25.6 Å². The first-order valence-corrected chi connectivity index (χ1v) is 6.03. The van der Waals surface area contributed by atoms with E-state index in [0.717, 1.165) is 0 Å². The summed E-state index contributed by atoms with van der Waals surface area (Å²) in [5.41, 5.74) is 6.51. The number of nitrogen functional groups attached to an aromatic ring is 1. The van der Waals surface area contributed by atoms with E-state index in [4.69, 9.17) is 20.3 Å². The first kappa shape index (κ1) is 14.4. The SMILES string of the molecule is COc1ccc(Nc2nccc(C(=O)O)c2N)cc1OC. The van der Waals surface area contributed by atoms with Crippen LogP contribution in [0, 0.1) is 0 Å². The Hall–Kier alpha value is -2.96. The van der Waals surface area contributed by atoms with Crippen LogP contribution in [0.25, 0.3) is 0 Å². The zero-order valence-electron chi connectivity index (χ0n) is 11.6. The van der Waals surface area contributed by atoms with E-state index in [1.165, 1.54) is 19.4 Å². The number of methoxy groups -OCH3 is 2. The smallest absolute Gasteiger partial charge is 0.337 e. The summed E-state index contributed by atoms with van der Waals surface area (Å²) in [6, 6.07) is 6.51. The number of pyridine rings is 1. The number of nitrogens with one attached hydrogen (secondary N) is 1. The number of aromatic carboxylic acids is 1. The average molecular weight is 289 g/mol. The van der Waals surface area contributed by atoms with Crippen LogP contribution >= 0.6 is 0 Å². The highest BCUT2D eigenvalue weighted by Gasteiger charge is 2.13. The minimum absolute atomic E-state index is 0.00650. The topological polar surface area (TPSA) is 107 Å². The third-order valence-corrected chi connectivity index (χ3v) is 2.87. The number of nitrogens with zero attached hydrogens (tertiary/aromatic N) is 1. The summed E-state index contributed by atoms with van der Waals surface area (Å²) in [6.07, 6.45) is 1.38. The van der Waals surface area contributed by atoms with E-state index < -0.39 is 5.97 Å². The van der Waals surface area contributed by atoms with Gasteiger partial charge in [0.1, 0.15) is 0 Å². The summed E-state index contributed by atoms with van der Waals surface area (Å²) < 4.78 is 10.3. The standard InChI is InChI=1S/C14H15N3O4/c1-20-10-4-3-8(7-11(10)21-2)17-13-12(15)9(14(18)19)5-6-16-13/h3-7H,15H2,1-2H3,(H,16,17)(H,18,19). The first-order valence-electron chi connectivity index (χ1n) is 6.03. The van der Waals surface area contributed by atoms with Crippen molar-refractivity contribution >= 4 is 23.2 Å². The quantitative estimate of drug-likeness (QED) is 0.773. The van der Waals surface area contributed by atoms with Crippen molar-refractivity contribution in [3.05, 3.63) is 36.0 Å². The molecule has 0 atom stereocenters. The van der Waals surface area contributed by atoms with Gasteiger partial charge in [-0.05, 0) is 18.2 Å². The molecular formula is C14H15N3O4. The van der Waals surface area contributed by atoms with Gasteiger partial charge in [0.2, 0.25) is 0 Å². The molecule has 7 nitrogen and oxygen atoms in total. The van der Waals surface area contributed by atoms with Crippen LogP contribution in [0.3, 0.4) is 0 Å². The van der Waals surface area contributed by atoms with Gasteiger partial charge in [0.15, 0.2) is 17.3 Å². The molecule has 1 heterocycles. The molecule has 1 aromatic heterocycles. The van der Waals surface area contributed by atoms with Gasteiger partial charge in [-0.15, -0.1) is 0 Å². The van der Waals surface area contributed by atoms with E-state index in [9.17, 15) is 4.79 Å². The molecule has 0 aliphatic rings. The van der Waals surface area contributed by atoms with Crippen LogP contribution in [0.5, 0.6) is 11.5 Å². The van der Waals surface area contributed by atoms with Crippen molar-refractivity contribution in [1.29, 1.82) is 0 Å². The summed E-state index contributed by atoms with van der Waals surface area (Å²) in [4.78, 5) is 15.1. The largest absolute Gasteiger partial charge is 0.493 e. The second-order valence-corrected chi connectivity index (χ2v) is 4.12. The molecule has 4 N–H and O–H groups in total. The number of carboxylic acid groups (broad SMARTS) is 1. The minimum Gasteiger partial charge on any atom is -0.493 e. The Kier molecular flexibility index (Phi) is 4.13. The molecule has 0 saturated carbocycles. The number of benzene rings is 1. The lowest BCUT2D eigenvalue weighted by Gasteiger charge is -2.12. The molecular weight excluding hydrogens is 274 g/mol. The predicted molar refractivity (Wildman–Crippen MR) is 78.4 cm³/mol. The number of anilines is 3. The number of carboxylic acids is 1. The Morgan fingerprint density at radius 2 is 1.95 bits per heavy atom. The summed E-state index contributed by atoms with van der Waals surface area (Å²) in [5, 5.41) is 12.0. The van der Waals surface area contributed by atoms with Crippen molar-refractivity contribution in [3.8, 4) is 11.5 Å². The van der Waals surface area contributed by atoms with Crippen LogP contribution in [0.15, 0.2) is 30.5 Å². The van der Waals surface area contributed by atoms with Crippen molar-refractivity contribution < 1.29 is 19.4 Å². The van der Waals surface area contributed by atoms with E-state index in [0.29, 0.717) is 17.2 Å². The van der Waals surface area contributed by atoms with E-state index in [-0.39, 0.29) is 17.1 Å². The number of aromatic nitrogens is 1. The van der Waals surface area contributed by atoms with Gasteiger partial charge in [-0.3, -0.25) is 0 Å². The number of hydrogen-bond acceptors (Lipinski definition) is 6. The van der Waals surface area contributed by atoms with Crippen molar-refractivity contribution in [2.45, 2.75) is 0 Å². The van der Waals surface area contributed by atoms with Crippen LogP contribution in [0.1, 0.15) is 10.4 Å². The summed E-state index contributed by atoms with van der Waals surface area (Å²) in [6.45, 7) is 0. The molecule has 0 amide bonds. The highest BCUT2D eigenvalue weighted by atomic mass is 16.5. The Balaban J connectivity index is 2.34. The van der Waals surface area contributed by atoms with Crippen molar-refractivity contribution in [3.63, 3.8) is 0 Å². The van der Waals surface area contributed by atoms with Crippen molar-refractivity contribution in [1.82, 2.24) is 4.98 Å². The molecule has 2 rings (SSSR count). The Morgan fingerprint density at radius 3 is 2.57 bits per heavy atom. The highest BCUT2D eigenvalue weighted by molar-refractivity contribution is 5.96. The van der Waals surface area contributed by atoms with Gasteiger partial charge in [0, 0.05) is 18.0 Å². The average Bonchev–Trinajstić information content (AvgIpc) is 2.48.